The van der Waals surface area contributed by atoms with Crippen molar-refractivity contribution in [2.45, 2.75) is 46.1 Å². The van der Waals surface area contributed by atoms with Gasteiger partial charge in [0.25, 0.3) is 0 Å². The highest BCUT2D eigenvalue weighted by molar-refractivity contribution is 6.06. The van der Waals surface area contributed by atoms with Crippen molar-refractivity contribution in [2.24, 2.45) is 0 Å². The van der Waals surface area contributed by atoms with Crippen molar-refractivity contribution < 1.29 is 4.79 Å². The molecule has 2 aromatic carbocycles. The molecule has 0 amide bonds. The van der Waals surface area contributed by atoms with Gasteiger partial charge in [-0.3, -0.25) is 4.79 Å². The van der Waals surface area contributed by atoms with Gasteiger partial charge in [0.1, 0.15) is 0 Å². The summed E-state index contributed by atoms with van der Waals surface area (Å²) in [5, 5.41) is 0. The first kappa shape index (κ1) is 22.9. The van der Waals surface area contributed by atoms with Crippen LogP contribution in [-0.2, 0) is 6.54 Å². The van der Waals surface area contributed by atoms with Gasteiger partial charge in [-0.25, -0.2) is 0 Å². The summed E-state index contributed by atoms with van der Waals surface area (Å²) in [6.45, 7) is 7.51. The topological polar surface area (TPSA) is 23.6 Å². The van der Waals surface area contributed by atoms with Crippen LogP contribution in [0.15, 0.2) is 54.6 Å². The Balaban J connectivity index is 2.04. The molecule has 156 valence electrons. The summed E-state index contributed by atoms with van der Waals surface area (Å²) in [4.78, 5) is 17.1. The standard InChI is InChI=1S/C26H36N2O/c1-5-7-18-28(19-8-6-2)25-15-12-22(13-16-25)14-17-26(29)24-11-9-10-23(20-24)21-27(3)4/h9-17,20H,5-8,18-19,21H2,1-4H3. The maximum Gasteiger partial charge on any atom is 0.185 e. The minimum absolute atomic E-state index is 0.0437. The minimum atomic E-state index is 0.0437. The third kappa shape index (κ3) is 7.86. The number of carbonyl (C=O) groups excluding carboxylic acids is 1. The highest BCUT2D eigenvalue weighted by Crippen LogP contribution is 2.18. The number of benzene rings is 2. The molecule has 0 saturated heterocycles. The summed E-state index contributed by atoms with van der Waals surface area (Å²) in [6.07, 6.45) is 8.44. The van der Waals surface area contributed by atoms with E-state index in [2.05, 4.69) is 54.0 Å². The summed E-state index contributed by atoms with van der Waals surface area (Å²) in [7, 11) is 4.06. The molecule has 0 heterocycles. The van der Waals surface area contributed by atoms with Gasteiger partial charge < -0.3 is 9.80 Å². The highest BCUT2D eigenvalue weighted by atomic mass is 16.1. The SMILES string of the molecule is CCCCN(CCCC)c1ccc(C=CC(=O)c2cccc(CN(C)C)c2)cc1. The van der Waals surface area contributed by atoms with Gasteiger partial charge in [0.05, 0.1) is 0 Å². The predicted molar refractivity (Wildman–Crippen MR) is 126 cm³/mol. The Hall–Kier alpha value is -2.39. The van der Waals surface area contributed by atoms with Crippen LogP contribution < -0.4 is 4.90 Å². The van der Waals surface area contributed by atoms with Crippen LogP contribution in [0.1, 0.15) is 61.0 Å². The molecule has 3 nitrogen and oxygen atoms in total. The molecule has 0 fully saturated rings. The number of unbranched alkanes of at least 4 members (excludes halogenated alkanes) is 2. The monoisotopic (exact) mass is 392 g/mol. The zero-order chi connectivity index (χ0) is 21.1. The van der Waals surface area contributed by atoms with E-state index < -0.39 is 0 Å². The summed E-state index contributed by atoms with van der Waals surface area (Å²) < 4.78 is 0. The fourth-order valence-electron chi connectivity index (χ4n) is 3.32. The molecular formula is C26H36N2O. The number of hydrogen-bond donors (Lipinski definition) is 0. The molecule has 0 unspecified atom stereocenters. The van der Waals surface area contributed by atoms with Crippen molar-refractivity contribution in [3.63, 3.8) is 0 Å². The van der Waals surface area contributed by atoms with E-state index in [4.69, 9.17) is 0 Å². The second-order valence-corrected chi connectivity index (χ2v) is 7.92. The molecule has 3 heteroatoms. The Kier molecular flexibility index (Phi) is 9.66. The average Bonchev–Trinajstić information content (AvgIpc) is 2.72. The summed E-state index contributed by atoms with van der Waals surface area (Å²) in [5.41, 5.74) is 4.21. The van der Waals surface area contributed by atoms with Crippen LogP contribution >= 0.6 is 0 Å². The van der Waals surface area contributed by atoms with Gasteiger partial charge >= 0.3 is 0 Å². The van der Waals surface area contributed by atoms with Gasteiger partial charge in [-0.2, -0.15) is 0 Å². The van der Waals surface area contributed by atoms with Gasteiger partial charge in [-0.05, 0) is 62.3 Å². The van der Waals surface area contributed by atoms with Crippen molar-refractivity contribution >= 4 is 17.5 Å². The fraction of sp³-hybridized carbons (Fsp3) is 0.423. The van der Waals surface area contributed by atoms with Gasteiger partial charge in [-0.15, -0.1) is 0 Å². The lowest BCUT2D eigenvalue weighted by Gasteiger charge is -2.24. The first-order chi connectivity index (χ1) is 14.0. The lowest BCUT2D eigenvalue weighted by atomic mass is 10.1. The van der Waals surface area contributed by atoms with E-state index in [9.17, 15) is 4.79 Å². The molecule has 29 heavy (non-hydrogen) atoms. The number of rotatable bonds is 12. The van der Waals surface area contributed by atoms with Gasteiger partial charge in [0.15, 0.2) is 5.78 Å². The summed E-state index contributed by atoms with van der Waals surface area (Å²) in [6, 6.07) is 16.4. The lowest BCUT2D eigenvalue weighted by molar-refractivity contribution is 0.104. The maximum absolute atomic E-state index is 12.6. The Bertz CT molecular complexity index is 770. The molecule has 0 saturated carbocycles. The molecule has 0 spiro atoms. The fourth-order valence-corrected chi connectivity index (χ4v) is 3.32. The summed E-state index contributed by atoms with van der Waals surface area (Å²) >= 11 is 0. The summed E-state index contributed by atoms with van der Waals surface area (Å²) in [5.74, 6) is 0.0437. The molecule has 0 atom stereocenters. The molecule has 2 rings (SSSR count). The Morgan fingerprint density at radius 2 is 1.59 bits per heavy atom. The van der Waals surface area contributed by atoms with Crippen LogP contribution in [0.2, 0.25) is 0 Å². The third-order valence-electron chi connectivity index (χ3n) is 4.96. The largest absolute Gasteiger partial charge is 0.372 e. The normalized spacial score (nSPS) is 11.3. The first-order valence-electron chi connectivity index (χ1n) is 10.8. The Morgan fingerprint density at radius 3 is 2.17 bits per heavy atom. The number of anilines is 1. The van der Waals surface area contributed by atoms with E-state index in [1.807, 2.05) is 38.4 Å². The second-order valence-electron chi connectivity index (χ2n) is 7.92. The van der Waals surface area contributed by atoms with Crippen LogP contribution in [0.3, 0.4) is 0 Å². The van der Waals surface area contributed by atoms with E-state index >= 15 is 0 Å². The molecule has 0 N–H and O–H groups in total. The van der Waals surface area contributed by atoms with Crippen molar-refractivity contribution in [2.75, 3.05) is 32.1 Å². The molecule has 0 aliphatic carbocycles. The first-order valence-corrected chi connectivity index (χ1v) is 10.8. The van der Waals surface area contributed by atoms with Crippen LogP contribution in [0.25, 0.3) is 6.08 Å². The van der Waals surface area contributed by atoms with E-state index in [0.717, 1.165) is 36.3 Å². The van der Waals surface area contributed by atoms with E-state index in [-0.39, 0.29) is 5.78 Å². The molecule has 0 bridgehead atoms. The Labute approximate surface area is 177 Å². The van der Waals surface area contributed by atoms with Gasteiger partial charge in [-0.1, -0.05) is 63.1 Å². The minimum Gasteiger partial charge on any atom is -0.372 e. The smallest absolute Gasteiger partial charge is 0.185 e. The maximum atomic E-state index is 12.6. The number of carbonyl (C=O) groups is 1. The predicted octanol–water partition coefficient (Wildman–Crippen LogP) is 6.05. The number of ketones is 1. The average molecular weight is 393 g/mol. The molecule has 0 aliphatic heterocycles. The van der Waals surface area contributed by atoms with Crippen LogP contribution in [0.4, 0.5) is 5.69 Å². The van der Waals surface area contributed by atoms with Gasteiger partial charge in [0, 0.05) is 30.9 Å². The van der Waals surface area contributed by atoms with Gasteiger partial charge in [0.2, 0.25) is 0 Å². The Morgan fingerprint density at radius 1 is 0.931 bits per heavy atom. The van der Waals surface area contributed by atoms with E-state index in [0.29, 0.717) is 0 Å². The molecule has 0 aliphatic rings. The van der Waals surface area contributed by atoms with Crippen LogP contribution in [-0.4, -0.2) is 37.9 Å². The number of hydrogen-bond acceptors (Lipinski definition) is 3. The molecule has 0 aromatic heterocycles. The second kappa shape index (κ2) is 12.2. The zero-order valence-electron chi connectivity index (χ0n) is 18.5. The lowest BCUT2D eigenvalue weighted by Crippen LogP contribution is -2.25. The van der Waals surface area contributed by atoms with Crippen molar-refractivity contribution in [3.8, 4) is 0 Å². The van der Waals surface area contributed by atoms with Crippen molar-refractivity contribution in [3.05, 3.63) is 71.3 Å². The number of nitrogens with zero attached hydrogens (tertiary/aromatic N) is 2. The van der Waals surface area contributed by atoms with E-state index in [1.165, 1.54) is 31.4 Å². The van der Waals surface area contributed by atoms with Crippen LogP contribution in [0.5, 0.6) is 0 Å². The number of allylic oxidation sites excluding steroid dienone is 1. The van der Waals surface area contributed by atoms with Crippen LogP contribution in [0, 0.1) is 0 Å². The highest BCUT2D eigenvalue weighted by Gasteiger charge is 2.06. The van der Waals surface area contributed by atoms with E-state index in [1.54, 1.807) is 6.08 Å². The third-order valence-corrected chi connectivity index (χ3v) is 4.96. The molecule has 0 radical (unpaired) electrons. The quantitative estimate of drug-likeness (QED) is 0.324. The van der Waals surface area contributed by atoms with Crippen molar-refractivity contribution in [1.82, 2.24) is 4.90 Å². The van der Waals surface area contributed by atoms with Crippen molar-refractivity contribution in [1.29, 1.82) is 0 Å². The molecular weight excluding hydrogens is 356 g/mol. The molecule has 2 aromatic rings. The zero-order valence-corrected chi connectivity index (χ0v) is 18.5.